The molecule has 0 saturated carbocycles. The molecule has 0 spiro atoms. The number of ketones is 2. The van der Waals surface area contributed by atoms with Crippen LogP contribution in [0.1, 0.15) is 38.8 Å². The number of hydrogen-bond donors (Lipinski definition) is 2. The fourth-order valence-electron chi connectivity index (χ4n) is 5.09. The first-order chi connectivity index (χ1) is 19.9. The molecule has 214 valence electrons. The van der Waals surface area contributed by atoms with Gasteiger partial charge in [-0.2, -0.15) is 0 Å². The molecule has 0 unspecified atom stereocenters. The molecule has 0 saturated heterocycles. The SMILES string of the molecule is CC1(C)Oc2cc3ccc(=O)oc3cc2C(=CNCCNC=C2C(=O)C(C)(C)Oc3cc4ccc(=O)oc4cc32)C1=O. The lowest BCUT2D eigenvalue weighted by molar-refractivity contribution is -0.127. The minimum absolute atomic E-state index is 0.222. The van der Waals surface area contributed by atoms with Gasteiger partial charge in [0.2, 0.25) is 11.6 Å². The molecule has 0 bridgehead atoms. The molecule has 10 heteroatoms. The van der Waals surface area contributed by atoms with Gasteiger partial charge in [-0.15, -0.1) is 0 Å². The third kappa shape index (κ3) is 4.74. The van der Waals surface area contributed by atoms with E-state index in [1.807, 2.05) is 0 Å². The Bertz CT molecular complexity index is 1830. The molecule has 2 aromatic carbocycles. The highest BCUT2D eigenvalue weighted by molar-refractivity contribution is 6.27. The van der Waals surface area contributed by atoms with Crippen molar-refractivity contribution in [3.63, 3.8) is 0 Å². The molecular formula is C32H28N2O8. The molecule has 0 fully saturated rings. The number of fused-ring (bicyclic) bond motifs is 4. The predicted octanol–water partition coefficient (Wildman–Crippen LogP) is 3.94. The van der Waals surface area contributed by atoms with Crippen LogP contribution in [0.2, 0.25) is 0 Å². The van der Waals surface area contributed by atoms with Crippen molar-refractivity contribution in [1.29, 1.82) is 0 Å². The van der Waals surface area contributed by atoms with Gasteiger partial charge in [-0.3, -0.25) is 9.59 Å². The van der Waals surface area contributed by atoms with Gasteiger partial charge in [0.1, 0.15) is 22.7 Å². The maximum absolute atomic E-state index is 13.2. The maximum atomic E-state index is 13.2. The van der Waals surface area contributed by atoms with Crippen LogP contribution in [0.5, 0.6) is 11.5 Å². The zero-order chi connectivity index (χ0) is 29.8. The summed E-state index contributed by atoms with van der Waals surface area (Å²) in [6, 6.07) is 12.7. The molecular weight excluding hydrogens is 540 g/mol. The van der Waals surface area contributed by atoms with E-state index >= 15 is 0 Å². The first-order valence-electron chi connectivity index (χ1n) is 13.4. The van der Waals surface area contributed by atoms with Crippen LogP contribution in [0.15, 0.2) is 79.4 Å². The van der Waals surface area contributed by atoms with E-state index in [2.05, 4.69) is 10.6 Å². The number of carbonyl (C=O) groups is 2. The van der Waals surface area contributed by atoms with E-state index in [9.17, 15) is 19.2 Å². The van der Waals surface area contributed by atoms with E-state index < -0.39 is 22.5 Å². The van der Waals surface area contributed by atoms with Gasteiger partial charge in [-0.1, -0.05) is 0 Å². The Hall–Kier alpha value is -5.12. The standard InChI is InChI=1S/C32H28N2O8/c1-31(2)29(37)21(19-13-23-17(11-25(19)41-31)5-7-27(35)39-23)15-33-9-10-34-16-22-20-14-24-18(6-8-28(36)40-24)12-26(20)42-32(3,4)30(22)38/h5-8,11-16,33-34H,9-10H2,1-4H3. The van der Waals surface area contributed by atoms with Gasteiger partial charge in [0.05, 0.1) is 0 Å². The van der Waals surface area contributed by atoms with Gasteiger partial charge >= 0.3 is 11.3 Å². The molecule has 0 radical (unpaired) electrons. The molecule has 0 aliphatic carbocycles. The first kappa shape index (κ1) is 27.1. The van der Waals surface area contributed by atoms with Crippen LogP contribution in [0.25, 0.3) is 33.1 Å². The van der Waals surface area contributed by atoms with E-state index in [-0.39, 0.29) is 11.6 Å². The molecule has 0 atom stereocenters. The summed E-state index contributed by atoms with van der Waals surface area (Å²) in [5.74, 6) is 0.584. The van der Waals surface area contributed by atoms with Gasteiger partial charge < -0.3 is 28.9 Å². The minimum Gasteiger partial charge on any atom is -0.479 e. The smallest absolute Gasteiger partial charge is 0.336 e. The topological polar surface area (TPSA) is 137 Å². The Morgan fingerprint density at radius 3 is 1.43 bits per heavy atom. The van der Waals surface area contributed by atoms with Crippen LogP contribution < -0.4 is 31.4 Å². The molecule has 2 N–H and O–H groups in total. The van der Waals surface area contributed by atoms with Crippen LogP contribution in [0.4, 0.5) is 0 Å². The second-order valence-corrected chi connectivity index (χ2v) is 11.2. The lowest BCUT2D eigenvalue weighted by Gasteiger charge is -2.33. The van der Waals surface area contributed by atoms with Crippen LogP contribution in [-0.2, 0) is 9.59 Å². The van der Waals surface area contributed by atoms with Gasteiger partial charge in [0.25, 0.3) is 0 Å². The number of nitrogens with one attached hydrogen (secondary N) is 2. The van der Waals surface area contributed by atoms with Crippen LogP contribution in [0, 0.1) is 0 Å². The lowest BCUT2D eigenvalue weighted by Crippen LogP contribution is -2.42. The average Bonchev–Trinajstić information content (AvgIpc) is 2.92. The fourth-order valence-corrected chi connectivity index (χ4v) is 5.09. The largest absolute Gasteiger partial charge is 0.479 e. The highest BCUT2D eigenvalue weighted by Crippen LogP contribution is 2.41. The number of hydrogen-bond acceptors (Lipinski definition) is 10. The highest BCUT2D eigenvalue weighted by atomic mass is 16.5. The number of rotatable bonds is 5. The molecule has 0 amide bonds. The quantitative estimate of drug-likeness (QED) is 0.207. The molecule has 2 aliphatic rings. The van der Waals surface area contributed by atoms with Crippen molar-refractivity contribution >= 4 is 44.7 Å². The normalized spacial score (nSPS) is 18.9. The Morgan fingerprint density at radius 1 is 0.619 bits per heavy atom. The predicted molar refractivity (Wildman–Crippen MR) is 156 cm³/mol. The summed E-state index contributed by atoms with van der Waals surface area (Å²) in [6.07, 6.45) is 3.25. The summed E-state index contributed by atoms with van der Waals surface area (Å²) in [6.45, 7) is 7.63. The number of carbonyl (C=O) groups excluding carboxylic acids is 2. The van der Waals surface area contributed by atoms with Crippen molar-refractivity contribution in [3.05, 3.63) is 92.9 Å². The van der Waals surface area contributed by atoms with E-state index in [1.165, 1.54) is 12.1 Å². The molecule has 4 aromatic rings. The zero-order valence-electron chi connectivity index (χ0n) is 23.5. The number of ether oxygens (including phenoxy) is 2. The van der Waals surface area contributed by atoms with Crippen molar-refractivity contribution in [2.75, 3.05) is 13.1 Å². The molecule has 2 aliphatic heterocycles. The first-order valence-corrected chi connectivity index (χ1v) is 13.4. The van der Waals surface area contributed by atoms with E-state index in [4.69, 9.17) is 18.3 Å². The molecule has 10 nitrogen and oxygen atoms in total. The molecule has 2 aromatic heterocycles. The lowest BCUT2D eigenvalue weighted by atomic mass is 9.88. The van der Waals surface area contributed by atoms with Gasteiger partial charge in [0, 0.05) is 70.7 Å². The van der Waals surface area contributed by atoms with Gasteiger partial charge in [0.15, 0.2) is 11.2 Å². The van der Waals surface area contributed by atoms with Crippen LogP contribution in [0.3, 0.4) is 0 Å². The second-order valence-electron chi connectivity index (χ2n) is 11.2. The fraction of sp³-hybridized carbons (Fsp3) is 0.250. The van der Waals surface area contributed by atoms with E-state index in [0.29, 0.717) is 68.8 Å². The molecule has 4 heterocycles. The third-order valence-corrected chi connectivity index (χ3v) is 7.24. The monoisotopic (exact) mass is 568 g/mol. The Morgan fingerprint density at radius 2 is 1.02 bits per heavy atom. The molecule has 6 rings (SSSR count). The van der Waals surface area contributed by atoms with Crippen molar-refractivity contribution in [2.24, 2.45) is 0 Å². The summed E-state index contributed by atoms with van der Waals surface area (Å²) < 4.78 is 22.6. The second kappa shape index (κ2) is 9.76. The maximum Gasteiger partial charge on any atom is 0.336 e. The summed E-state index contributed by atoms with van der Waals surface area (Å²) >= 11 is 0. The zero-order valence-corrected chi connectivity index (χ0v) is 23.5. The van der Waals surface area contributed by atoms with Crippen LogP contribution in [-0.4, -0.2) is 35.9 Å². The van der Waals surface area contributed by atoms with Crippen molar-refractivity contribution in [2.45, 2.75) is 38.9 Å². The van der Waals surface area contributed by atoms with Crippen molar-refractivity contribution in [1.82, 2.24) is 10.6 Å². The number of Topliss-reactive ketones (excluding diaryl/α,β-unsaturated/α-hetero) is 2. The Balaban J connectivity index is 1.22. The van der Waals surface area contributed by atoms with E-state index in [1.54, 1.807) is 76.5 Å². The molecule has 42 heavy (non-hydrogen) atoms. The number of benzene rings is 2. The summed E-state index contributed by atoms with van der Waals surface area (Å²) in [7, 11) is 0. The van der Waals surface area contributed by atoms with Crippen LogP contribution >= 0.6 is 0 Å². The van der Waals surface area contributed by atoms with Gasteiger partial charge in [-0.05, 0) is 64.1 Å². The minimum atomic E-state index is -1.08. The summed E-state index contributed by atoms with van der Waals surface area (Å²) in [4.78, 5) is 49.9. The van der Waals surface area contributed by atoms with Crippen molar-refractivity contribution < 1.29 is 27.9 Å². The highest BCUT2D eigenvalue weighted by Gasteiger charge is 2.40. The third-order valence-electron chi connectivity index (χ3n) is 7.24. The van der Waals surface area contributed by atoms with E-state index in [0.717, 1.165) is 0 Å². The Labute approximate surface area is 239 Å². The Kier molecular flexibility index (Phi) is 6.29. The van der Waals surface area contributed by atoms with Gasteiger partial charge in [-0.25, -0.2) is 9.59 Å². The average molecular weight is 569 g/mol. The summed E-state index contributed by atoms with van der Waals surface area (Å²) in [5.41, 5.74) is -0.584. The summed E-state index contributed by atoms with van der Waals surface area (Å²) in [5, 5.41) is 7.68. The van der Waals surface area contributed by atoms with Crippen molar-refractivity contribution in [3.8, 4) is 11.5 Å².